The van der Waals surface area contributed by atoms with Crippen LogP contribution in [0.15, 0.2) is 23.8 Å². The van der Waals surface area contributed by atoms with Gasteiger partial charge in [-0.15, -0.1) is 0 Å². The molecule has 0 aromatic heterocycles. The van der Waals surface area contributed by atoms with E-state index < -0.39 is 0 Å². The summed E-state index contributed by atoms with van der Waals surface area (Å²) in [5, 5.41) is 0. The molecule has 0 aromatic carbocycles. The van der Waals surface area contributed by atoms with Crippen molar-refractivity contribution in [3.8, 4) is 0 Å². The van der Waals surface area contributed by atoms with Crippen LogP contribution in [-0.2, 0) is 9.53 Å². The van der Waals surface area contributed by atoms with Gasteiger partial charge in [-0.05, 0) is 30.4 Å². The molecule has 2 aliphatic carbocycles. The van der Waals surface area contributed by atoms with Gasteiger partial charge in [0.2, 0.25) is 0 Å². The van der Waals surface area contributed by atoms with E-state index in [1.165, 1.54) is 24.8 Å². The van der Waals surface area contributed by atoms with Crippen LogP contribution in [0.2, 0.25) is 0 Å². The Kier molecular flexibility index (Phi) is 2.84. The highest BCUT2D eigenvalue weighted by Gasteiger charge is 2.56. The van der Waals surface area contributed by atoms with Crippen LogP contribution in [0, 0.1) is 17.3 Å². The SMILES string of the molecule is CC(C)C1=C[C@@H]2[C@H](C=C1)OC(=O)C21CCCCC1. The molecule has 3 aliphatic rings. The van der Waals surface area contributed by atoms with Crippen molar-refractivity contribution in [3.05, 3.63) is 23.8 Å². The zero-order valence-electron chi connectivity index (χ0n) is 11.3. The lowest BCUT2D eigenvalue weighted by Gasteiger charge is -2.35. The van der Waals surface area contributed by atoms with E-state index in [9.17, 15) is 4.79 Å². The summed E-state index contributed by atoms with van der Waals surface area (Å²) in [6.45, 7) is 4.42. The van der Waals surface area contributed by atoms with Crippen LogP contribution in [0.1, 0.15) is 46.0 Å². The molecule has 0 bridgehead atoms. The van der Waals surface area contributed by atoms with Crippen LogP contribution in [0.25, 0.3) is 0 Å². The Balaban J connectivity index is 1.95. The third-order valence-electron chi connectivity index (χ3n) is 4.90. The number of esters is 1. The molecule has 1 spiro atoms. The maximum atomic E-state index is 12.3. The second-order valence-corrected chi connectivity index (χ2v) is 6.29. The van der Waals surface area contributed by atoms with Gasteiger partial charge in [-0.1, -0.05) is 45.3 Å². The number of carbonyl (C=O) groups is 1. The molecule has 2 heteroatoms. The summed E-state index contributed by atoms with van der Waals surface area (Å²) in [6, 6.07) is 0. The molecular weight excluding hydrogens is 224 g/mol. The second-order valence-electron chi connectivity index (χ2n) is 6.29. The van der Waals surface area contributed by atoms with Gasteiger partial charge < -0.3 is 4.74 Å². The van der Waals surface area contributed by atoms with Gasteiger partial charge in [0.1, 0.15) is 6.10 Å². The Morgan fingerprint density at radius 3 is 2.67 bits per heavy atom. The first-order valence-electron chi connectivity index (χ1n) is 7.24. The molecule has 0 amide bonds. The van der Waals surface area contributed by atoms with Gasteiger partial charge in [-0.25, -0.2) is 0 Å². The van der Waals surface area contributed by atoms with E-state index >= 15 is 0 Å². The fourth-order valence-corrected chi connectivity index (χ4v) is 3.75. The number of carbonyl (C=O) groups excluding carboxylic acids is 1. The van der Waals surface area contributed by atoms with E-state index in [1.807, 2.05) is 0 Å². The van der Waals surface area contributed by atoms with E-state index in [-0.39, 0.29) is 23.4 Å². The van der Waals surface area contributed by atoms with Gasteiger partial charge in [0.15, 0.2) is 0 Å². The van der Waals surface area contributed by atoms with Crippen molar-refractivity contribution in [1.29, 1.82) is 0 Å². The van der Waals surface area contributed by atoms with Crippen LogP contribution in [-0.4, -0.2) is 12.1 Å². The lowest BCUT2D eigenvalue weighted by Crippen LogP contribution is -2.36. The summed E-state index contributed by atoms with van der Waals surface area (Å²) >= 11 is 0. The number of ether oxygens (including phenoxy) is 1. The van der Waals surface area contributed by atoms with Crippen LogP contribution in [0.3, 0.4) is 0 Å². The third kappa shape index (κ3) is 1.65. The molecule has 2 fully saturated rings. The summed E-state index contributed by atoms with van der Waals surface area (Å²) in [7, 11) is 0. The fourth-order valence-electron chi connectivity index (χ4n) is 3.75. The Hall–Kier alpha value is -1.05. The maximum Gasteiger partial charge on any atom is 0.313 e. The maximum absolute atomic E-state index is 12.3. The molecule has 2 atom stereocenters. The molecule has 1 saturated carbocycles. The Morgan fingerprint density at radius 1 is 1.28 bits per heavy atom. The Labute approximate surface area is 109 Å². The van der Waals surface area contributed by atoms with Gasteiger partial charge >= 0.3 is 5.97 Å². The number of hydrogen-bond acceptors (Lipinski definition) is 2. The predicted molar refractivity (Wildman–Crippen MR) is 70.9 cm³/mol. The van der Waals surface area contributed by atoms with Crippen molar-refractivity contribution < 1.29 is 9.53 Å². The predicted octanol–water partition coefficient (Wildman–Crippen LogP) is 3.63. The molecule has 2 nitrogen and oxygen atoms in total. The van der Waals surface area contributed by atoms with Gasteiger partial charge in [0, 0.05) is 5.92 Å². The van der Waals surface area contributed by atoms with Crippen molar-refractivity contribution in [2.75, 3.05) is 0 Å². The third-order valence-corrected chi connectivity index (χ3v) is 4.90. The highest BCUT2D eigenvalue weighted by molar-refractivity contribution is 5.81. The Morgan fingerprint density at radius 2 is 2.00 bits per heavy atom. The summed E-state index contributed by atoms with van der Waals surface area (Å²) < 4.78 is 5.62. The standard InChI is InChI=1S/C16H22O2/c1-11(2)12-6-7-14-13(10-12)16(15(17)18-14)8-4-3-5-9-16/h6-7,10-11,13-14H,3-5,8-9H2,1-2H3/t13-,14+/m1/s1. The van der Waals surface area contributed by atoms with Gasteiger partial charge in [0.25, 0.3) is 0 Å². The first kappa shape index (κ1) is 12.0. The van der Waals surface area contributed by atoms with Crippen molar-refractivity contribution in [2.45, 2.75) is 52.1 Å². The zero-order valence-corrected chi connectivity index (χ0v) is 11.3. The molecule has 1 heterocycles. The average molecular weight is 246 g/mol. The van der Waals surface area contributed by atoms with Crippen molar-refractivity contribution in [2.24, 2.45) is 17.3 Å². The minimum absolute atomic E-state index is 0.00176. The summed E-state index contributed by atoms with van der Waals surface area (Å²) in [6.07, 6.45) is 12.2. The van der Waals surface area contributed by atoms with Crippen molar-refractivity contribution >= 4 is 5.97 Å². The minimum Gasteiger partial charge on any atom is -0.457 e. The smallest absolute Gasteiger partial charge is 0.313 e. The van der Waals surface area contributed by atoms with E-state index in [2.05, 4.69) is 32.1 Å². The monoisotopic (exact) mass is 246 g/mol. The normalized spacial score (nSPS) is 33.5. The van der Waals surface area contributed by atoms with Crippen molar-refractivity contribution in [3.63, 3.8) is 0 Å². The molecule has 98 valence electrons. The van der Waals surface area contributed by atoms with E-state index in [1.54, 1.807) is 0 Å². The summed E-state index contributed by atoms with van der Waals surface area (Å²) in [5.41, 5.74) is 1.16. The quantitative estimate of drug-likeness (QED) is 0.660. The van der Waals surface area contributed by atoms with Crippen LogP contribution in [0.4, 0.5) is 0 Å². The minimum atomic E-state index is -0.201. The number of rotatable bonds is 1. The van der Waals surface area contributed by atoms with Crippen molar-refractivity contribution in [1.82, 2.24) is 0 Å². The molecule has 0 radical (unpaired) electrons. The molecular formula is C16H22O2. The van der Waals surface area contributed by atoms with Crippen LogP contribution < -0.4 is 0 Å². The molecule has 0 unspecified atom stereocenters. The van der Waals surface area contributed by atoms with E-state index in [4.69, 9.17) is 4.74 Å². The van der Waals surface area contributed by atoms with Crippen LogP contribution >= 0.6 is 0 Å². The van der Waals surface area contributed by atoms with Crippen LogP contribution in [0.5, 0.6) is 0 Å². The topological polar surface area (TPSA) is 26.3 Å². The lowest BCUT2D eigenvalue weighted by atomic mass is 9.64. The van der Waals surface area contributed by atoms with Gasteiger partial charge in [-0.3, -0.25) is 4.79 Å². The molecule has 1 aliphatic heterocycles. The highest BCUT2D eigenvalue weighted by atomic mass is 16.6. The lowest BCUT2D eigenvalue weighted by molar-refractivity contribution is -0.149. The molecule has 0 aromatic rings. The molecule has 1 saturated heterocycles. The Bertz CT molecular complexity index is 411. The number of fused-ring (bicyclic) bond motifs is 2. The zero-order chi connectivity index (χ0) is 12.8. The summed E-state index contributed by atoms with van der Waals surface area (Å²) in [5.74, 6) is 0.870. The van der Waals surface area contributed by atoms with Gasteiger partial charge in [0.05, 0.1) is 5.41 Å². The van der Waals surface area contributed by atoms with Gasteiger partial charge in [-0.2, -0.15) is 0 Å². The first-order chi connectivity index (χ1) is 8.63. The largest absolute Gasteiger partial charge is 0.457 e. The molecule has 3 rings (SSSR count). The van der Waals surface area contributed by atoms with E-state index in [0.29, 0.717) is 5.92 Å². The fraction of sp³-hybridized carbons (Fsp3) is 0.688. The number of allylic oxidation sites excluding steroid dienone is 2. The average Bonchev–Trinajstić information content (AvgIpc) is 2.63. The first-order valence-corrected chi connectivity index (χ1v) is 7.24. The summed E-state index contributed by atoms with van der Waals surface area (Å²) in [4.78, 5) is 12.3. The second kappa shape index (κ2) is 4.25. The molecule has 0 N–H and O–H groups in total. The number of hydrogen-bond donors (Lipinski definition) is 0. The highest BCUT2D eigenvalue weighted by Crippen LogP contribution is 2.52. The van der Waals surface area contributed by atoms with E-state index in [0.717, 1.165) is 12.8 Å². The molecule has 18 heavy (non-hydrogen) atoms.